The molecule has 0 fully saturated rings. The van der Waals surface area contributed by atoms with Crippen molar-refractivity contribution >= 4 is 17.4 Å². The highest BCUT2D eigenvalue weighted by Gasteiger charge is 2.07. The molecule has 5 heteroatoms. The number of anilines is 1. The second-order valence-electron chi connectivity index (χ2n) is 6.83. The molecule has 0 heterocycles. The van der Waals surface area contributed by atoms with Crippen molar-refractivity contribution in [2.24, 2.45) is 0 Å². The third-order valence-corrected chi connectivity index (χ3v) is 4.60. The van der Waals surface area contributed by atoms with Gasteiger partial charge in [-0.25, -0.2) is 0 Å². The van der Waals surface area contributed by atoms with E-state index in [4.69, 9.17) is 4.74 Å². The van der Waals surface area contributed by atoms with E-state index in [2.05, 4.69) is 34.3 Å². The first-order valence-corrected chi connectivity index (χ1v) is 9.56. The van der Waals surface area contributed by atoms with Gasteiger partial charge in [-0.05, 0) is 67.5 Å². The van der Waals surface area contributed by atoms with Gasteiger partial charge in [0, 0.05) is 12.1 Å². The molecular formula is C23H29NO4. The lowest BCUT2D eigenvalue weighted by Crippen LogP contribution is -2.09. The van der Waals surface area contributed by atoms with Crippen molar-refractivity contribution in [1.82, 2.24) is 0 Å². The Kier molecular flexibility index (Phi) is 8.53. The van der Waals surface area contributed by atoms with Crippen LogP contribution in [0.5, 0.6) is 5.75 Å². The molecule has 28 heavy (non-hydrogen) atoms. The molecule has 0 radical (unpaired) electrons. The van der Waals surface area contributed by atoms with Gasteiger partial charge in [0.2, 0.25) is 0 Å². The zero-order valence-corrected chi connectivity index (χ0v) is 16.9. The minimum atomic E-state index is -0.203. The van der Waals surface area contributed by atoms with Crippen LogP contribution in [0.25, 0.3) is 0 Å². The van der Waals surface area contributed by atoms with Crippen LogP contribution in [-0.4, -0.2) is 32.5 Å². The van der Waals surface area contributed by atoms with Crippen LogP contribution < -0.4 is 10.1 Å². The summed E-state index contributed by atoms with van der Waals surface area (Å²) < 4.78 is 10.2. The van der Waals surface area contributed by atoms with Gasteiger partial charge in [-0.1, -0.05) is 24.3 Å². The van der Waals surface area contributed by atoms with Crippen LogP contribution in [0.4, 0.5) is 5.69 Å². The summed E-state index contributed by atoms with van der Waals surface area (Å²) >= 11 is 0. The highest BCUT2D eigenvalue weighted by molar-refractivity contribution is 5.80. The molecule has 150 valence electrons. The summed E-state index contributed by atoms with van der Waals surface area (Å²) in [7, 11) is 3.08. The van der Waals surface area contributed by atoms with Crippen molar-refractivity contribution in [2.75, 3.05) is 26.1 Å². The SMILES string of the molecule is COC(=O)CCc1ccc(CCCc2ccc(NCC(C)=O)cc2)c(OC)c1. The van der Waals surface area contributed by atoms with E-state index in [1.807, 2.05) is 18.2 Å². The lowest BCUT2D eigenvalue weighted by atomic mass is 10.0. The maximum absolute atomic E-state index is 11.3. The summed E-state index contributed by atoms with van der Waals surface area (Å²) in [6, 6.07) is 14.3. The molecular weight excluding hydrogens is 354 g/mol. The van der Waals surface area contributed by atoms with E-state index in [1.165, 1.54) is 18.2 Å². The molecule has 0 bridgehead atoms. The van der Waals surface area contributed by atoms with Gasteiger partial charge in [-0.2, -0.15) is 0 Å². The number of ether oxygens (including phenoxy) is 2. The van der Waals surface area contributed by atoms with Gasteiger partial charge in [-0.3, -0.25) is 9.59 Å². The van der Waals surface area contributed by atoms with Gasteiger partial charge in [0.25, 0.3) is 0 Å². The number of Topliss-reactive ketones (excluding diaryl/α,β-unsaturated/α-hetero) is 1. The molecule has 0 aliphatic rings. The zero-order valence-electron chi connectivity index (χ0n) is 16.9. The van der Waals surface area contributed by atoms with E-state index in [-0.39, 0.29) is 11.8 Å². The standard InChI is InChI=1S/C23H29NO4/c1-17(25)16-24-21-12-8-18(9-13-21)5-4-6-20-11-7-19(15-22(20)27-2)10-14-23(26)28-3/h7-9,11-13,15,24H,4-6,10,14,16H2,1-3H3. The first-order valence-electron chi connectivity index (χ1n) is 9.56. The molecule has 2 rings (SSSR count). The number of hydrogen-bond donors (Lipinski definition) is 1. The molecule has 0 amide bonds. The van der Waals surface area contributed by atoms with E-state index in [0.29, 0.717) is 19.4 Å². The van der Waals surface area contributed by atoms with Crippen molar-refractivity contribution in [3.8, 4) is 5.75 Å². The highest BCUT2D eigenvalue weighted by atomic mass is 16.5. The van der Waals surface area contributed by atoms with Gasteiger partial charge in [0.05, 0.1) is 20.8 Å². The smallest absolute Gasteiger partial charge is 0.305 e. The lowest BCUT2D eigenvalue weighted by molar-refractivity contribution is -0.140. The number of hydrogen-bond acceptors (Lipinski definition) is 5. The number of aryl methyl sites for hydroxylation is 3. The Morgan fingerprint density at radius 1 is 0.929 bits per heavy atom. The van der Waals surface area contributed by atoms with Gasteiger partial charge >= 0.3 is 5.97 Å². The minimum absolute atomic E-state index is 0.120. The van der Waals surface area contributed by atoms with Crippen molar-refractivity contribution < 1.29 is 19.1 Å². The summed E-state index contributed by atoms with van der Waals surface area (Å²) in [5, 5.41) is 3.10. The molecule has 5 nitrogen and oxygen atoms in total. The second kappa shape index (κ2) is 11.1. The Balaban J connectivity index is 1.86. The van der Waals surface area contributed by atoms with Crippen LogP contribution in [0.2, 0.25) is 0 Å². The number of esters is 1. The largest absolute Gasteiger partial charge is 0.496 e. The first-order chi connectivity index (χ1) is 13.5. The Labute approximate surface area is 167 Å². The van der Waals surface area contributed by atoms with Crippen molar-refractivity contribution in [1.29, 1.82) is 0 Å². The van der Waals surface area contributed by atoms with E-state index in [9.17, 15) is 9.59 Å². The Bertz CT molecular complexity index is 784. The summed E-state index contributed by atoms with van der Waals surface area (Å²) in [4.78, 5) is 22.3. The summed E-state index contributed by atoms with van der Waals surface area (Å²) in [6.45, 7) is 1.93. The molecule has 0 saturated heterocycles. The molecule has 2 aromatic carbocycles. The molecule has 0 unspecified atom stereocenters. The maximum atomic E-state index is 11.3. The number of ketones is 1. The predicted octanol–water partition coefficient (Wildman–Crippen LogP) is 3.98. The molecule has 0 aliphatic carbocycles. The van der Waals surface area contributed by atoms with E-state index < -0.39 is 0 Å². The van der Waals surface area contributed by atoms with Crippen molar-refractivity contribution in [3.05, 3.63) is 59.2 Å². The van der Waals surface area contributed by atoms with Gasteiger partial charge in [0.15, 0.2) is 0 Å². The highest BCUT2D eigenvalue weighted by Crippen LogP contribution is 2.23. The number of nitrogens with one attached hydrogen (secondary N) is 1. The summed E-state index contributed by atoms with van der Waals surface area (Å²) in [5.74, 6) is 0.783. The topological polar surface area (TPSA) is 64.6 Å². The maximum Gasteiger partial charge on any atom is 0.305 e. The molecule has 2 aromatic rings. The van der Waals surface area contributed by atoms with E-state index in [0.717, 1.165) is 36.3 Å². The molecule has 0 aromatic heterocycles. The zero-order chi connectivity index (χ0) is 20.4. The normalized spacial score (nSPS) is 10.4. The van der Waals surface area contributed by atoms with Crippen LogP contribution >= 0.6 is 0 Å². The van der Waals surface area contributed by atoms with Gasteiger partial charge in [0.1, 0.15) is 11.5 Å². The van der Waals surface area contributed by atoms with Crippen molar-refractivity contribution in [2.45, 2.75) is 39.0 Å². The third-order valence-electron chi connectivity index (χ3n) is 4.60. The summed E-state index contributed by atoms with van der Waals surface area (Å²) in [6.07, 6.45) is 3.92. The molecule has 0 spiro atoms. The number of carbonyl (C=O) groups excluding carboxylic acids is 2. The monoisotopic (exact) mass is 383 g/mol. The van der Waals surface area contributed by atoms with Crippen LogP contribution in [0.15, 0.2) is 42.5 Å². The molecule has 0 aliphatic heterocycles. The van der Waals surface area contributed by atoms with Gasteiger partial charge in [-0.15, -0.1) is 0 Å². The Morgan fingerprint density at radius 3 is 2.29 bits per heavy atom. The Morgan fingerprint density at radius 2 is 1.64 bits per heavy atom. The van der Waals surface area contributed by atoms with E-state index >= 15 is 0 Å². The fourth-order valence-corrected chi connectivity index (χ4v) is 3.00. The number of rotatable bonds is 11. The van der Waals surface area contributed by atoms with Crippen LogP contribution in [0.3, 0.4) is 0 Å². The molecule has 0 saturated carbocycles. The van der Waals surface area contributed by atoms with Crippen molar-refractivity contribution in [3.63, 3.8) is 0 Å². The Hall–Kier alpha value is -2.82. The van der Waals surface area contributed by atoms with Gasteiger partial charge < -0.3 is 14.8 Å². The minimum Gasteiger partial charge on any atom is -0.496 e. The average molecular weight is 383 g/mol. The second-order valence-corrected chi connectivity index (χ2v) is 6.83. The lowest BCUT2D eigenvalue weighted by Gasteiger charge is -2.11. The number of carbonyl (C=O) groups is 2. The first kappa shape index (κ1) is 21.5. The van der Waals surface area contributed by atoms with E-state index in [1.54, 1.807) is 14.0 Å². The number of benzene rings is 2. The average Bonchev–Trinajstić information content (AvgIpc) is 2.71. The third kappa shape index (κ3) is 7.06. The quantitative estimate of drug-likeness (QED) is 0.595. The fraction of sp³-hybridized carbons (Fsp3) is 0.391. The summed E-state index contributed by atoms with van der Waals surface area (Å²) in [5.41, 5.74) is 4.47. The van der Waals surface area contributed by atoms with Crippen LogP contribution in [-0.2, 0) is 33.6 Å². The predicted molar refractivity (Wildman–Crippen MR) is 111 cm³/mol. The van der Waals surface area contributed by atoms with Crippen LogP contribution in [0, 0.1) is 0 Å². The van der Waals surface area contributed by atoms with Crippen LogP contribution in [0.1, 0.15) is 36.5 Å². The molecule has 0 atom stereocenters. The fourth-order valence-electron chi connectivity index (χ4n) is 3.00. The number of methoxy groups -OCH3 is 2. The molecule has 1 N–H and O–H groups in total.